The molecule has 0 saturated carbocycles. The molecular weight excluding hydrogens is 436 g/mol. The van der Waals surface area contributed by atoms with Crippen LogP contribution in [0.2, 0.25) is 5.02 Å². The maximum Gasteiger partial charge on any atom is 0.0637 e. The quantitative estimate of drug-likeness (QED) is 0.281. The van der Waals surface area contributed by atoms with E-state index >= 15 is 0 Å². The molecule has 4 aromatic rings. The Hall–Kier alpha value is -3.36. The van der Waals surface area contributed by atoms with Crippen molar-refractivity contribution in [1.29, 1.82) is 0 Å². The second-order valence-corrected chi connectivity index (χ2v) is 9.71. The summed E-state index contributed by atoms with van der Waals surface area (Å²) in [4.78, 5) is 7.55. The van der Waals surface area contributed by atoms with Crippen LogP contribution in [0.3, 0.4) is 0 Å². The molecule has 2 aliphatic rings. The fourth-order valence-corrected chi connectivity index (χ4v) is 5.74. The Kier molecular flexibility index (Phi) is 5.68. The molecule has 34 heavy (non-hydrogen) atoms. The highest BCUT2D eigenvalue weighted by molar-refractivity contribution is 6.30. The topological polar surface area (TPSA) is 15.6 Å². The highest BCUT2D eigenvalue weighted by atomic mass is 35.5. The van der Waals surface area contributed by atoms with Gasteiger partial charge in [0.1, 0.15) is 0 Å². The number of nitrogens with zero attached hydrogens (tertiary/aromatic N) is 2. The molecule has 0 aliphatic carbocycles. The molecule has 0 spiro atoms. The van der Waals surface area contributed by atoms with Gasteiger partial charge in [0, 0.05) is 41.8 Å². The third-order valence-corrected chi connectivity index (χ3v) is 7.48. The summed E-state index contributed by atoms with van der Waals surface area (Å²) in [5, 5.41) is 0.742. The molecule has 0 amide bonds. The van der Waals surface area contributed by atoms with Crippen LogP contribution in [0.15, 0.2) is 102 Å². The van der Waals surface area contributed by atoms with Crippen molar-refractivity contribution in [3.8, 4) is 0 Å². The number of hydrogen-bond acceptors (Lipinski definition) is 2. The number of aliphatic imine (C=N–C) groups is 1. The van der Waals surface area contributed by atoms with Gasteiger partial charge in [0.2, 0.25) is 0 Å². The van der Waals surface area contributed by atoms with Gasteiger partial charge < -0.3 is 4.90 Å². The van der Waals surface area contributed by atoms with Crippen molar-refractivity contribution in [3.05, 3.63) is 130 Å². The van der Waals surface area contributed by atoms with E-state index < -0.39 is 0 Å². The van der Waals surface area contributed by atoms with Gasteiger partial charge in [-0.1, -0.05) is 84.4 Å². The van der Waals surface area contributed by atoms with E-state index in [9.17, 15) is 0 Å². The predicted molar refractivity (Wildman–Crippen MR) is 143 cm³/mol. The second kappa shape index (κ2) is 9.12. The third-order valence-electron chi connectivity index (χ3n) is 7.23. The Morgan fingerprint density at radius 1 is 0.706 bits per heavy atom. The van der Waals surface area contributed by atoms with Gasteiger partial charge in [-0.15, -0.1) is 0 Å². The van der Waals surface area contributed by atoms with E-state index in [2.05, 4.69) is 77.7 Å². The van der Waals surface area contributed by atoms with E-state index in [4.69, 9.17) is 16.6 Å². The number of halogens is 1. The summed E-state index contributed by atoms with van der Waals surface area (Å²) in [7, 11) is 0. The predicted octanol–water partition coefficient (Wildman–Crippen LogP) is 7.97. The Labute approximate surface area is 206 Å². The molecular formula is C31H27ClN2. The van der Waals surface area contributed by atoms with Crippen LogP contribution in [-0.2, 0) is 0 Å². The van der Waals surface area contributed by atoms with Crippen LogP contribution in [0, 0.1) is 0 Å². The van der Waals surface area contributed by atoms with Gasteiger partial charge in [-0.3, -0.25) is 4.99 Å². The number of benzene rings is 4. The Morgan fingerprint density at radius 3 is 1.76 bits per heavy atom. The number of rotatable bonds is 4. The van der Waals surface area contributed by atoms with Crippen molar-refractivity contribution in [2.75, 3.05) is 18.0 Å². The molecule has 2 nitrogen and oxygen atoms in total. The fraction of sp³-hybridized carbons (Fsp3) is 0.194. The van der Waals surface area contributed by atoms with Gasteiger partial charge in [-0.05, 0) is 64.9 Å². The lowest BCUT2D eigenvalue weighted by molar-refractivity contribution is 0.571. The number of hydrogen-bond donors (Lipinski definition) is 0. The van der Waals surface area contributed by atoms with Gasteiger partial charge in [0.05, 0.1) is 5.69 Å². The maximum absolute atomic E-state index is 6.07. The van der Waals surface area contributed by atoms with Crippen LogP contribution in [0.1, 0.15) is 52.5 Å². The SMILES string of the molecule is Clc1ccc(C=Nc2cc3c4c(c2)[C@@H](c2ccccc2)CCN4CC[C@@H]3c2ccccc2)cc1. The second-order valence-electron chi connectivity index (χ2n) is 9.27. The van der Waals surface area contributed by atoms with E-state index in [1.807, 2.05) is 30.5 Å². The van der Waals surface area contributed by atoms with Crippen molar-refractivity contribution in [1.82, 2.24) is 0 Å². The molecule has 0 aromatic heterocycles. The van der Waals surface area contributed by atoms with Crippen LogP contribution in [-0.4, -0.2) is 19.3 Å². The van der Waals surface area contributed by atoms with Crippen molar-refractivity contribution in [2.45, 2.75) is 24.7 Å². The first kappa shape index (κ1) is 21.2. The molecule has 0 fully saturated rings. The van der Waals surface area contributed by atoms with Gasteiger partial charge in [0.25, 0.3) is 0 Å². The van der Waals surface area contributed by atoms with E-state index in [1.54, 1.807) is 0 Å². The third kappa shape index (κ3) is 4.03. The molecule has 0 unspecified atom stereocenters. The standard InChI is InChI=1S/C31H27ClN2/c32-25-13-11-22(12-14-25)21-33-26-19-29-27(23-7-3-1-4-8-23)15-17-34-18-16-28(30(20-26)31(29)34)24-9-5-2-6-10-24/h1-14,19-21,27-28H,15-18H2/t27-,28-/m1/s1. The zero-order valence-electron chi connectivity index (χ0n) is 19.1. The Morgan fingerprint density at radius 2 is 1.24 bits per heavy atom. The lowest BCUT2D eigenvalue weighted by Crippen LogP contribution is -2.37. The van der Waals surface area contributed by atoms with E-state index in [0.29, 0.717) is 11.8 Å². The number of anilines is 1. The van der Waals surface area contributed by atoms with Gasteiger partial charge in [-0.2, -0.15) is 0 Å². The van der Waals surface area contributed by atoms with Crippen LogP contribution >= 0.6 is 11.6 Å². The molecule has 2 heterocycles. The molecule has 0 saturated heterocycles. The molecule has 4 aromatic carbocycles. The monoisotopic (exact) mass is 462 g/mol. The first-order chi connectivity index (χ1) is 16.8. The smallest absolute Gasteiger partial charge is 0.0637 e. The normalized spacial score (nSPS) is 19.3. The van der Waals surface area contributed by atoms with E-state index in [0.717, 1.165) is 42.2 Å². The molecule has 6 rings (SSSR count). The minimum Gasteiger partial charge on any atom is -0.371 e. The molecule has 0 N–H and O–H groups in total. The van der Waals surface area contributed by atoms with Crippen LogP contribution in [0.25, 0.3) is 0 Å². The summed E-state index contributed by atoms with van der Waals surface area (Å²) < 4.78 is 0. The van der Waals surface area contributed by atoms with Crippen LogP contribution in [0.5, 0.6) is 0 Å². The summed E-state index contributed by atoms with van der Waals surface area (Å²) in [5.74, 6) is 0.790. The Balaban J connectivity index is 1.49. The summed E-state index contributed by atoms with van der Waals surface area (Å²) in [6, 6.07) is 34.4. The Bertz CT molecular complexity index is 1240. The van der Waals surface area contributed by atoms with E-state index in [-0.39, 0.29) is 0 Å². The van der Waals surface area contributed by atoms with Crippen molar-refractivity contribution in [3.63, 3.8) is 0 Å². The molecule has 0 radical (unpaired) electrons. The summed E-state index contributed by atoms with van der Waals surface area (Å²) in [6.45, 7) is 2.21. The first-order valence-corrected chi connectivity index (χ1v) is 12.5. The molecule has 2 atom stereocenters. The lowest BCUT2D eigenvalue weighted by atomic mass is 9.76. The van der Waals surface area contributed by atoms with E-state index in [1.165, 1.54) is 27.9 Å². The van der Waals surface area contributed by atoms with Crippen molar-refractivity contribution in [2.24, 2.45) is 4.99 Å². The molecule has 3 heteroatoms. The molecule has 0 bridgehead atoms. The summed E-state index contributed by atoms with van der Waals surface area (Å²) in [6.07, 6.45) is 4.22. The fourth-order valence-electron chi connectivity index (χ4n) is 5.61. The first-order valence-electron chi connectivity index (χ1n) is 12.1. The lowest BCUT2D eigenvalue weighted by Gasteiger charge is -2.43. The van der Waals surface area contributed by atoms with Crippen molar-refractivity contribution >= 4 is 29.2 Å². The van der Waals surface area contributed by atoms with Gasteiger partial charge >= 0.3 is 0 Å². The highest BCUT2D eigenvalue weighted by Gasteiger charge is 2.34. The largest absolute Gasteiger partial charge is 0.371 e. The summed E-state index contributed by atoms with van der Waals surface area (Å²) in [5.41, 5.74) is 9.13. The van der Waals surface area contributed by atoms with Crippen LogP contribution in [0.4, 0.5) is 11.4 Å². The highest BCUT2D eigenvalue weighted by Crippen LogP contribution is 2.49. The van der Waals surface area contributed by atoms with Crippen LogP contribution < -0.4 is 4.90 Å². The van der Waals surface area contributed by atoms with Crippen molar-refractivity contribution < 1.29 is 0 Å². The molecule has 2 aliphatic heterocycles. The minimum absolute atomic E-state index is 0.395. The average molecular weight is 463 g/mol. The zero-order valence-corrected chi connectivity index (χ0v) is 19.8. The van der Waals surface area contributed by atoms with Gasteiger partial charge in [0.15, 0.2) is 0 Å². The minimum atomic E-state index is 0.395. The molecule has 168 valence electrons. The summed E-state index contributed by atoms with van der Waals surface area (Å²) >= 11 is 6.07. The maximum atomic E-state index is 6.07. The van der Waals surface area contributed by atoms with Gasteiger partial charge in [-0.25, -0.2) is 0 Å². The average Bonchev–Trinajstić information content (AvgIpc) is 2.90. The zero-order chi connectivity index (χ0) is 22.9.